The van der Waals surface area contributed by atoms with E-state index in [1.165, 1.54) is 57.1 Å². The van der Waals surface area contributed by atoms with Crippen molar-refractivity contribution in [3.05, 3.63) is 30.1 Å². The molecule has 1 aromatic carbocycles. The molecule has 0 bridgehead atoms. The van der Waals surface area contributed by atoms with Crippen molar-refractivity contribution in [3.8, 4) is 0 Å². The molecule has 220 valence electrons. The molecule has 40 heavy (non-hydrogen) atoms. The molecule has 0 aromatic heterocycles. The van der Waals surface area contributed by atoms with Gasteiger partial charge < -0.3 is 20.1 Å². The topological polar surface area (TPSA) is 59.6 Å². The van der Waals surface area contributed by atoms with Crippen molar-refractivity contribution in [2.24, 2.45) is 52.3 Å². The number of carbonyl (C=O) groups excluding carboxylic acids is 1. The number of ether oxygens (including phenoxy) is 2. The van der Waals surface area contributed by atoms with Gasteiger partial charge in [0.1, 0.15) is 5.82 Å². The number of anilines is 1. The number of fused-ring (bicyclic) bond motifs is 7. The van der Waals surface area contributed by atoms with Crippen molar-refractivity contribution in [3.63, 3.8) is 0 Å². The van der Waals surface area contributed by atoms with Crippen LogP contribution in [0.4, 0.5) is 14.9 Å². The standard InChI is InChI=1S/C34H49FN2O3/c1-20-11-16-34(39-19-20)21(2)30-29(40-34)18-28-26-10-5-22-17-25(37-31(38)36-24-8-6-23(35)7-9-24)12-14-32(22,3)27(26)13-15-33(28,30)4/h6-9,20-22,25-30H,5,10-19H2,1-4H3,(H2,36,37,38)/t20?,21-,22-,25+,26+,27-,28-,29-,30-,32-,33-,34+/m0/s1. The zero-order chi connectivity index (χ0) is 27.9. The van der Waals surface area contributed by atoms with Gasteiger partial charge in [-0.2, -0.15) is 0 Å². The summed E-state index contributed by atoms with van der Waals surface area (Å²) in [6, 6.07) is 6.00. The fraction of sp³-hybridized carbons (Fsp3) is 0.794. The van der Waals surface area contributed by atoms with E-state index in [0.29, 0.717) is 46.3 Å². The fourth-order valence-corrected chi connectivity index (χ4v) is 11.3. The van der Waals surface area contributed by atoms with Crippen molar-refractivity contribution in [1.82, 2.24) is 5.32 Å². The van der Waals surface area contributed by atoms with Crippen molar-refractivity contribution in [2.45, 2.75) is 110 Å². The summed E-state index contributed by atoms with van der Waals surface area (Å²) in [5.41, 5.74) is 1.35. The van der Waals surface area contributed by atoms with Crippen LogP contribution in [0.25, 0.3) is 0 Å². The van der Waals surface area contributed by atoms with Gasteiger partial charge in [-0.05, 0) is 128 Å². The first-order chi connectivity index (χ1) is 19.1. The molecule has 6 aliphatic rings. The monoisotopic (exact) mass is 552 g/mol. The van der Waals surface area contributed by atoms with Crippen LogP contribution in [0.15, 0.2) is 24.3 Å². The molecule has 2 heterocycles. The Labute approximate surface area is 239 Å². The third-order valence-corrected chi connectivity index (χ3v) is 13.4. The fourth-order valence-electron chi connectivity index (χ4n) is 11.3. The highest BCUT2D eigenvalue weighted by atomic mass is 19.1. The average Bonchev–Trinajstić information content (AvgIpc) is 3.37. The molecule has 2 aliphatic heterocycles. The van der Waals surface area contributed by atoms with Crippen LogP contribution in [0.3, 0.4) is 0 Å². The Morgan fingerprint density at radius 1 is 0.925 bits per heavy atom. The highest BCUT2D eigenvalue weighted by Gasteiger charge is 2.69. The van der Waals surface area contributed by atoms with Gasteiger partial charge in [-0.25, -0.2) is 9.18 Å². The second-order valence-electron chi connectivity index (χ2n) is 15.3. The lowest BCUT2D eigenvalue weighted by Crippen LogP contribution is -2.56. The summed E-state index contributed by atoms with van der Waals surface area (Å²) in [6.45, 7) is 10.8. The van der Waals surface area contributed by atoms with Gasteiger partial charge in [-0.3, -0.25) is 0 Å². The van der Waals surface area contributed by atoms with E-state index >= 15 is 0 Å². The van der Waals surface area contributed by atoms with Gasteiger partial charge in [0.15, 0.2) is 5.79 Å². The maximum Gasteiger partial charge on any atom is 0.319 e. The second kappa shape index (κ2) is 9.69. The van der Waals surface area contributed by atoms with E-state index in [0.717, 1.165) is 43.6 Å². The average molecular weight is 553 g/mol. The number of nitrogens with one attached hydrogen (secondary N) is 2. The van der Waals surface area contributed by atoms with Crippen LogP contribution in [0.2, 0.25) is 0 Å². The summed E-state index contributed by atoms with van der Waals surface area (Å²) in [7, 11) is 0. The Morgan fingerprint density at radius 3 is 2.45 bits per heavy atom. The lowest BCUT2D eigenvalue weighted by Gasteiger charge is -2.61. The van der Waals surface area contributed by atoms with Crippen LogP contribution >= 0.6 is 0 Å². The Bertz CT molecular complexity index is 1120. The van der Waals surface area contributed by atoms with Crippen LogP contribution in [-0.2, 0) is 9.47 Å². The van der Waals surface area contributed by atoms with E-state index in [-0.39, 0.29) is 23.7 Å². The minimum atomic E-state index is -0.329. The molecule has 6 heteroatoms. The molecule has 4 saturated carbocycles. The highest BCUT2D eigenvalue weighted by Crippen LogP contribution is 2.71. The largest absolute Gasteiger partial charge is 0.349 e. The molecule has 1 aromatic rings. The number of amides is 2. The number of hydrogen-bond donors (Lipinski definition) is 2. The lowest BCUT2D eigenvalue weighted by molar-refractivity contribution is -0.273. The quantitative estimate of drug-likeness (QED) is 0.394. The molecule has 2 saturated heterocycles. The normalized spacial score (nSPS) is 49.5. The van der Waals surface area contributed by atoms with Crippen molar-refractivity contribution in [2.75, 3.05) is 11.9 Å². The van der Waals surface area contributed by atoms with E-state index in [4.69, 9.17) is 9.47 Å². The van der Waals surface area contributed by atoms with Crippen molar-refractivity contribution >= 4 is 11.7 Å². The number of urea groups is 1. The second-order valence-corrected chi connectivity index (χ2v) is 15.3. The van der Waals surface area contributed by atoms with Crippen molar-refractivity contribution in [1.29, 1.82) is 0 Å². The smallest absolute Gasteiger partial charge is 0.319 e. The number of halogens is 1. The predicted molar refractivity (Wildman–Crippen MR) is 154 cm³/mol. The van der Waals surface area contributed by atoms with Crippen LogP contribution in [0.5, 0.6) is 0 Å². The minimum Gasteiger partial charge on any atom is -0.349 e. The first-order valence-corrected chi connectivity index (χ1v) is 16.3. The molecule has 4 aliphatic carbocycles. The number of hydrogen-bond acceptors (Lipinski definition) is 3. The first kappa shape index (κ1) is 27.2. The van der Waals surface area contributed by atoms with Crippen LogP contribution in [-0.4, -0.2) is 30.6 Å². The van der Waals surface area contributed by atoms with Crippen LogP contribution < -0.4 is 10.6 Å². The summed E-state index contributed by atoms with van der Waals surface area (Å²) >= 11 is 0. The summed E-state index contributed by atoms with van der Waals surface area (Å²) < 4.78 is 26.7. The zero-order valence-electron chi connectivity index (χ0n) is 24.9. The molecule has 2 N–H and O–H groups in total. The third-order valence-electron chi connectivity index (χ3n) is 13.4. The molecular weight excluding hydrogens is 503 g/mol. The van der Waals surface area contributed by atoms with Gasteiger partial charge in [0.05, 0.1) is 12.7 Å². The number of benzene rings is 1. The Kier molecular flexibility index (Phi) is 6.59. The molecular formula is C34H49FN2O3. The molecule has 7 rings (SSSR count). The maximum atomic E-state index is 13.2. The lowest BCUT2D eigenvalue weighted by atomic mass is 9.44. The van der Waals surface area contributed by atoms with Crippen LogP contribution in [0.1, 0.15) is 91.9 Å². The van der Waals surface area contributed by atoms with Gasteiger partial charge in [0.2, 0.25) is 0 Å². The van der Waals surface area contributed by atoms with Gasteiger partial charge in [0.25, 0.3) is 0 Å². The van der Waals surface area contributed by atoms with E-state index < -0.39 is 0 Å². The van der Waals surface area contributed by atoms with E-state index in [2.05, 4.69) is 38.3 Å². The molecule has 2 amide bonds. The SMILES string of the molecule is CC1CC[C@@]2(OC1)O[C@H]1C[C@H]3[C@@H]4CC[C@H]5C[C@H](NC(=O)Nc6ccc(F)cc6)CC[C@]5(C)[C@H]4CC[C@]3(C)[C@H]1[C@@H]2C. The molecule has 1 unspecified atom stereocenters. The first-order valence-electron chi connectivity index (χ1n) is 16.3. The summed E-state index contributed by atoms with van der Waals surface area (Å²) in [4.78, 5) is 12.7. The zero-order valence-corrected chi connectivity index (χ0v) is 24.9. The predicted octanol–water partition coefficient (Wildman–Crippen LogP) is 7.76. The molecule has 6 fully saturated rings. The summed E-state index contributed by atoms with van der Waals surface area (Å²) in [6.07, 6.45) is 12.4. The van der Waals surface area contributed by atoms with E-state index in [1.54, 1.807) is 12.1 Å². The van der Waals surface area contributed by atoms with Gasteiger partial charge in [-0.15, -0.1) is 0 Å². The molecule has 0 radical (unpaired) electrons. The molecule has 5 nitrogen and oxygen atoms in total. The highest BCUT2D eigenvalue weighted by molar-refractivity contribution is 5.89. The summed E-state index contributed by atoms with van der Waals surface area (Å²) in [5.74, 6) is 4.14. The Morgan fingerprint density at radius 2 is 1.70 bits per heavy atom. The van der Waals surface area contributed by atoms with Crippen molar-refractivity contribution < 1.29 is 18.7 Å². The number of carbonyl (C=O) groups is 1. The van der Waals surface area contributed by atoms with E-state index in [9.17, 15) is 9.18 Å². The van der Waals surface area contributed by atoms with Gasteiger partial charge >= 0.3 is 6.03 Å². The minimum absolute atomic E-state index is 0.178. The molecule has 12 atom stereocenters. The van der Waals surface area contributed by atoms with Gasteiger partial charge in [0, 0.05) is 24.1 Å². The Hall–Kier alpha value is -1.66. The van der Waals surface area contributed by atoms with Gasteiger partial charge in [-0.1, -0.05) is 27.7 Å². The maximum absolute atomic E-state index is 13.2. The molecule has 1 spiro atoms. The van der Waals surface area contributed by atoms with Crippen LogP contribution in [0, 0.1) is 58.1 Å². The third kappa shape index (κ3) is 4.17. The Balaban J connectivity index is 1.01. The number of rotatable bonds is 2. The van der Waals surface area contributed by atoms with E-state index in [1.807, 2.05) is 0 Å². The summed E-state index contributed by atoms with van der Waals surface area (Å²) in [5, 5.41) is 6.12.